The molecule has 1 aromatic rings. The van der Waals surface area contributed by atoms with Gasteiger partial charge in [0.1, 0.15) is 4.90 Å². The normalized spacial score (nSPS) is 25.5. The molecule has 0 amide bonds. The van der Waals surface area contributed by atoms with Gasteiger partial charge in [-0.2, -0.15) is 4.31 Å². The molecule has 1 aliphatic rings. The number of nitrogens with zero attached hydrogens (tertiary/aromatic N) is 1. The molecular formula is C12H15Cl2NO3S. The van der Waals surface area contributed by atoms with E-state index in [2.05, 4.69) is 0 Å². The number of ether oxygens (including phenoxy) is 1. The molecule has 4 nitrogen and oxygen atoms in total. The lowest BCUT2D eigenvalue weighted by Gasteiger charge is -2.34. The van der Waals surface area contributed by atoms with E-state index in [-0.39, 0.29) is 22.1 Å². The first-order valence-corrected chi connectivity index (χ1v) is 8.11. The Balaban J connectivity index is 2.39. The minimum Gasteiger partial charge on any atom is -0.373 e. The summed E-state index contributed by atoms with van der Waals surface area (Å²) in [4.78, 5) is 0.0444. The molecule has 0 spiro atoms. The van der Waals surface area contributed by atoms with E-state index in [0.717, 1.165) is 0 Å². The molecule has 0 N–H and O–H groups in total. The second kappa shape index (κ2) is 5.58. The van der Waals surface area contributed by atoms with Gasteiger partial charge in [-0.1, -0.05) is 23.2 Å². The van der Waals surface area contributed by atoms with Crippen molar-refractivity contribution in [3.63, 3.8) is 0 Å². The highest BCUT2D eigenvalue weighted by Gasteiger charge is 2.33. The van der Waals surface area contributed by atoms with Crippen molar-refractivity contribution in [2.24, 2.45) is 0 Å². The zero-order valence-corrected chi connectivity index (χ0v) is 13.0. The topological polar surface area (TPSA) is 46.6 Å². The molecule has 1 fully saturated rings. The van der Waals surface area contributed by atoms with Crippen molar-refractivity contribution in [3.05, 3.63) is 28.2 Å². The highest BCUT2D eigenvalue weighted by molar-refractivity contribution is 7.89. The van der Waals surface area contributed by atoms with Crippen LogP contribution in [0.1, 0.15) is 13.8 Å². The van der Waals surface area contributed by atoms with Gasteiger partial charge >= 0.3 is 0 Å². The van der Waals surface area contributed by atoms with Gasteiger partial charge in [0, 0.05) is 18.1 Å². The largest absolute Gasteiger partial charge is 0.373 e. The molecule has 2 rings (SSSR count). The van der Waals surface area contributed by atoms with E-state index in [1.807, 2.05) is 13.8 Å². The Morgan fingerprint density at radius 3 is 2.37 bits per heavy atom. The number of benzene rings is 1. The van der Waals surface area contributed by atoms with Crippen molar-refractivity contribution in [2.45, 2.75) is 31.0 Å². The van der Waals surface area contributed by atoms with E-state index in [0.29, 0.717) is 18.1 Å². The molecule has 0 aromatic heterocycles. The molecule has 0 saturated carbocycles. The van der Waals surface area contributed by atoms with Crippen LogP contribution >= 0.6 is 23.2 Å². The number of hydrogen-bond donors (Lipinski definition) is 0. The Kier molecular flexibility index (Phi) is 4.42. The van der Waals surface area contributed by atoms with Crippen molar-refractivity contribution in [1.82, 2.24) is 4.31 Å². The first kappa shape index (κ1) is 15.1. The summed E-state index contributed by atoms with van der Waals surface area (Å²) < 4.78 is 32.1. The van der Waals surface area contributed by atoms with Gasteiger partial charge in [-0.25, -0.2) is 8.42 Å². The number of morpholine rings is 1. The van der Waals surface area contributed by atoms with Crippen LogP contribution in [0.5, 0.6) is 0 Å². The molecule has 1 aliphatic heterocycles. The van der Waals surface area contributed by atoms with Gasteiger partial charge in [-0.05, 0) is 32.0 Å². The summed E-state index contributed by atoms with van der Waals surface area (Å²) in [6.45, 7) is 4.32. The molecular weight excluding hydrogens is 309 g/mol. The second-order valence-corrected chi connectivity index (χ2v) is 7.40. The Morgan fingerprint density at radius 1 is 1.21 bits per heavy atom. The van der Waals surface area contributed by atoms with Gasteiger partial charge in [0.25, 0.3) is 0 Å². The van der Waals surface area contributed by atoms with Crippen LogP contribution in [0.15, 0.2) is 23.1 Å². The molecule has 2 atom stereocenters. The summed E-state index contributed by atoms with van der Waals surface area (Å²) in [6.07, 6.45) is -0.284. The van der Waals surface area contributed by atoms with E-state index in [1.54, 1.807) is 6.07 Å². The SMILES string of the molecule is C[C@@H]1CN(S(=O)(=O)c2cc(Cl)ccc2Cl)C[C@H](C)O1. The van der Waals surface area contributed by atoms with Crippen molar-refractivity contribution in [3.8, 4) is 0 Å². The van der Waals surface area contributed by atoms with Crippen LogP contribution < -0.4 is 0 Å². The fourth-order valence-corrected chi connectivity index (χ4v) is 4.47. The Labute approximate surface area is 123 Å². The number of sulfonamides is 1. The lowest BCUT2D eigenvalue weighted by molar-refractivity contribution is -0.0440. The lowest BCUT2D eigenvalue weighted by Crippen LogP contribution is -2.48. The predicted octanol–water partition coefficient (Wildman–Crippen LogP) is 2.79. The smallest absolute Gasteiger partial charge is 0.244 e. The van der Waals surface area contributed by atoms with Gasteiger partial charge in [0.2, 0.25) is 10.0 Å². The van der Waals surface area contributed by atoms with E-state index in [9.17, 15) is 8.42 Å². The summed E-state index contributed by atoms with van der Waals surface area (Å²) in [6, 6.07) is 4.43. The quantitative estimate of drug-likeness (QED) is 0.840. The van der Waals surface area contributed by atoms with Crippen LogP contribution in [0, 0.1) is 0 Å². The Hall–Kier alpha value is -0.330. The maximum absolute atomic E-state index is 12.6. The first-order chi connectivity index (χ1) is 8.80. The van der Waals surface area contributed by atoms with Crippen molar-refractivity contribution in [1.29, 1.82) is 0 Å². The molecule has 7 heteroatoms. The van der Waals surface area contributed by atoms with Crippen LogP contribution in [0.25, 0.3) is 0 Å². The third-order valence-corrected chi connectivity index (χ3v) is 5.45. The molecule has 0 unspecified atom stereocenters. The molecule has 0 bridgehead atoms. The monoisotopic (exact) mass is 323 g/mol. The van der Waals surface area contributed by atoms with Gasteiger partial charge < -0.3 is 4.74 Å². The summed E-state index contributed by atoms with van der Waals surface area (Å²) in [5.74, 6) is 0. The second-order valence-electron chi connectivity index (χ2n) is 4.65. The summed E-state index contributed by atoms with van der Waals surface area (Å²) in [5.41, 5.74) is 0. The molecule has 1 saturated heterocycles. The minimum atomic E-state index is -3.64. The van der Waals surface area contributed by atoms with Crippen LogP contribution in [0.3, 0.4) is 0 Å². The lowest BCUT2D eigenvalue weighted by atomic mass is 10.3. The highest BCUT2D eigenvalue weighted by Crippen LogP contribution is 2.29. The summed E-state index contributed by atoms with van der Waals surface area (Å²) >= 11 is 11.8. The third-order valence-electron chi connectivity index (χ3n) is 2.90. The zero-order valence-electron chi connectivity index (χ0n) is 10.6. The van der Waals surface area contributed by atoms with E-state index in [4.69, 9.17) is 27.9 Å². The van der Waals surface area contributed by atoms with Crippen molar-refractivity contribution < 1.29 is 13.2 Å². The van der Waals surface area contributed by atoms with E-state index in [1.165, 1.54) is 16.4 Å². The molecule has 106 valence electrons. The fraction of sp³-hybridized carbons (Fsp3) is 0.500. The number of hydrogen-bond acceptors (Lipinski definition) is 3. The van der Waals surface area contributed by atoms with Gasteiger partial charge in [-0.15, -0.1) is 0 Å². The highest BCUT2D eigenvalue weighted by atomic mass is 35.5. The Bertz CT molecular complexity index is 566. The maximum atomic E-state index is 12.6. The van der Waals surface area contributed by atoms with Crippen molar-refractivity contribution in [2.75, 3.05) is 13.1 Å². The van der Waals surface area contributed by atoms with E-state index >= 15 is 0 Å². The van der Waals surface area contributed by atoms with Gasteiger partial charge in [0.05, 0.1) is 17.2 Å². The number of rotatable bonds is 2. The van der Waals surface area contributed by atoms with Crippen LogP contribution in [0.4, 0.5) is 0 Å². The van der Waals surface area contributed by atoms with Gasteiger partial charge in [-0.3, -0.25) is 0 Å². The molecule has 19 heavy (non-hydrogen) atoms. The zero-order chi connectivity index (χ0) is 14.2. The van der Waals surface area contributed by atoms with Gasteiger partial charge in [0.15, 0.2) is 0 Å². The van der Waals surface area contributed by atoms with Crippen LogP contribution in [-0.4, -0.2) is 38.0 Å². The summed E-state index contributed by atoms with van der Waals surface area (Å²) in [5, 5.41) is 0.522. The number of halogens is 2. The standard InChI is InChI=1S/C12H15Cl2NO3S/c1-8-6-15(7-9(2)18-8)19(16,17)12-5-10(13)3-4-11(12)14/h3-5,8-9H,6-7H2,1-2H3/t8-,9+. The third kappa shape index (κ3) is 3.23. The Morgan fingerprint density at radius 2 is 1.79 bits per heavy atom. The predicted molar refractivity (Wildman–Crippen MR) is 75.2 cm³/mol. The van der Waals surface area contributed by atoms with Crippen LogP contribution in [-0.2, 0) is 14.8 Å². The average molecular weight is 324 g/mol. The molecule has 0 aliphatic carbocycles. The van der Waals surface area contributed by atoms with E-state index < -0.39 is 10.0 Å². The molecule has 1 heterocycles. The summed E-state index contributed by atoms with van der Waals surface area (Å²) in [7, 11) is -3.64. The van der Waals surface area contributed by atoms with Crippen LogP contribution in [0.2, 0.25) is 10.0 Å². The fourth-order valence-electron chi connectivity index (χ4n) is 2.14. The molecule has 0 radical (unpaired) electrons. The average Bonchev–Trinajstić information content (AvgIpc) is 2.31. The van der Waals surface area contributed by atoms with Crippen molar-refractivity contribution >= 4 is 33.2 Å². The first-order valence-electron chi connectivity index (χ1n) is 5.91. The maximum Gasteiger partial charge on any atom is 0.244 e. The molecule has 1 aromatic carbocycles. The minimum absolute atomic E-state index is 0.0444.